The van der Waals surface area contributed by atoms with E-state index in [1.165, 1.54) is 6.07 Å². The number of para-hydroxylation sites is 2. The molecule has 3 aromatic carbocycles. The predicted molar refractivity (Wildman–Crippen MR) is 114 cm³/mol. The standard InChI is InChI=1S/C20H21N3O5S/c1-3-23(4-2)14-9-10-16(28-29(24,25)26)19-18(14)12(21)11-17-20(19)22-13-7-5-6-8-15(13)27-17/h5-11,22H,3-4,21H2,1-2H3,(H,24,25,26). The minimum absolute atomic E-state index is 0.0440. The van der Waals surface area contributed by atoms with Crippen LogP contribution < -0.4 is 24.9 Å². The maximum atomic E-state index is 11.5. The van der Waals surface area contributed by atoms with E-state index >= 15 is 0 Å². The number of nitrogens with two attached hydrogens (primary N) is 1. The van der Waals surface area contributed by atoms with Gasteiger partial charge in [-0.1, -0.05) is 12.1 Å². The summed E-state index contributed by atoms with van der Waals surface area (Å²) in [5.74, 6) is 1.01. The third-order valence-electron chi connectivity index (χ3n) is 4.88. The molecule has 0 fully saturated rings. The molecule has 0 atom stereocenters. The lowest BCUT2D eigenvalue weighted by molar-refractivity contribution is 0.388. The Kier molecular flexibility index (Phi) is 4.64. The van der Waals surface area contributed by atoms with Gasteiger partial charge in [0, 0.05) is 35.9 Å². The molecule has 0 saturated heterocycles. The van der Waals surface area contributed by atoms with Crippen molar-refractivity contribution in [1.82, 2.24) is 0 Å². The van der Waals surface area contributed by atoms with E-state index in [-0.39, 0.29) is 5.75 Å². The number of hydrogen-bond donors (Lipinski definition) is 3. The fraction of sp³-hybridized carbons (Fsp3) is 0.200. The van der Waals surface area contributed by atoms with E-state index in [9.17, 15) is 13.0 Å². The average Bonchev–Trinajstić information content (AvgIpc) is 2.67. The Morgan fingerprint density at radius 1 is 1.10 bits per heavy atom. The molecule has 1 aliphatic heterocycles. The second-order valence-electron chi connectivity index (χ2n) is 6.58. The van der Waals surface area contributed by atoms with E-state index in [2.05, 4.69) is 10.2 Å². The van der Waals surface area contributed by atoms with Gasteiger partial charge in [-0.05, 0) is 38.1 Å². The number of ether oxygens (including phenoxy) is 1. The maximum absolute atomic E-state index is 11.5. The molecule has 0 amide bonds. The van der Waals surface area contributed by atoms with Crippen LogP contribution in [0.2, 0.25) is 0 Å². The molecule has 0 aromatic heterocycles. The summed E-state index contributed by atoms with van der Waals surface area (Å²) in [6.07, 6.45) is 0. The molecule has 0 aliphatic carbocycles. The van der Waals surface area contributed by atoms with E-state index in [4.69, 9.17) is 14.7 Å². The molecule has 4 rings (SSSR count). The van der Waals surface area contributed by atoms with Gasteiger partial charge in [-0.25, -0.2) is 0 Å². The fourth-order valence-corrected chi connectivity index (χ4v) is 4.01. The van der Waals surface area contributed by atoms with E-state index in [0.717, 1.165) is 24.5 Å². The van der Waals surface area contributed by atoms with E-state index in [0.29, 0.717) is 33.6 Å². The lowest BCUT2D eigenvalue weighted by Crippen LogP contribution is -2.22. The van der Waals surface area contributed by atoms with Crippen LogP contribution in [0.25, 0.3) is 10.8 Å². The molecule has 0 unspecified atom stereocenters. The highest BCUT2D eigenvalue weighted by Crippen LogP contribution is 2.51. The molecule has 0 bridgehead atoms. The quantitative estimate of drug-likeness (QED) is 0.327. The van der Waals surface area contributed by atoms with Gasteiger partial charge in [-0.2, -0.15) is 8.42 Å². The lowest BCUT2D eigenvalue weighted by Gasteiger charge is -2.28. The van der Waals surface area contributed by atoms with E-state index < -0.39 is 10.4 Å². The summed E-state index contributed by atoms with van der Waals surface area (Å²) in [7, 11) is -4.74. The topological polar surface area (TPSA) is 114 Å². The Morgan fingerprint density at radius 3 is 2.52 bits per heavy atom. The van der Waals surface area contributed by atoms with Gasteiger partial charge in [0.1, 0.15) is 0 Å². The normalized spacial score (nSPS) is 12.5. The van der Waals surface area contributed by atoms with Crippen molar-refractivity contribution in [3.8, 4) is 17.2 Å². The minimum atomic E-state index is -4.74. The minimum Gasteiger partial charge on any atom is -0.453 e. The first-order valence-electron chi connectivity index (χ1n) is 9.17. The zero-order chi connectivity index (χ0) is 20.8. The van der Waals surface area contributed by atoms with Crippen LogP contribution in [-0.4, -0.2) is 26.1 Å². The van der Waals surface area contributed by atoms with Crippen LogP contribution in [0.15, 0.2) is 42.5 Å². The Morgan fingerprint density at radius 2 is 1.83 bits per heavy atom. The molecule has 3 aromatic rings. The molecule has 1 aliphatic rings. The highest BCUT2D eigenvalue weighted by molar-refractivity contribution is 7.81. The molecule has 29 heavy (non-hydrogen) atoms. The number of rotatable bonds is 5. The van der Waals surface area contributed by atoms with Crippen LogP contribution >= 0.6 is 0 Å². The van der Waals surface area contributed by atoms with Gasteiger partial charge in [0.15, 0.2) is 17.2 Å². The third kappa shape index (κ3) is 3.39. The molecule has 0 radical (unpaired) electrons. The Labute approximate surface area is 168 Å². The van der Waals surface area contributed by atoms with Gasteiger partial charge in [-0.3, -0.25) is 4.55 Å². The zero-order valence-corrected chi connectivity index (χ0v) is 16.8. The highest BCUT2D eigenvalue weighted by Gasteiger charge is 2.26. The summed E-state index contributed by atoms with van der Waals surface area (Å²) in [5, 5.41) is 4.31. The Hall–Kier alpha value is -3.17. The number of nitrogens with zero attached hydrogens (tertiary/aromatic N) is 1. The molecule has 0 saturated carbocycles. The molecule has 4 N–H and O–H groups in total. The van der Waals surface area contributed by atoms with Crippen molar-refractivity contribution in [2.45, 2.75) is 13.8 Å². The largest absolute Gasteiger partial charge is 0.453 e. The van der Waals surface area contributed by atoms with Crippen molar-refractivity contribution >= 4 is 43.9 Å². The smallest absolute Gasteiger partial charge is 0.446 e. The van der Waals surface area contributed by atoms with E-state index in [1.54, 1.807) is 12.1 Å². The van der Waals surface area contributed by atoms with Gasteiger partial charge < -0.3 is 24.9 Å². The monoisotopic (exact) mass is 415 g/mol. The van der Waals surface area contributed by atoms with Crippen molar-refractivity contribution in [1.29, 1.82) is 0 Å². The maximum Gasteiger partial charge on any atom is 0.446 e. The third-order valence-corrected chi connectivity index (χ3v) is 5.27. The molecule has 0 spiro atoms. The molecule has 8 nitrogen and oxygen atoms in total. The van der Waals surface area contributed by atoms with Crippen LogP contribution in [0.4, 0.5) is 22.7 Å². The van der Waals surface area contributed by atoms with Gasteiger partial charge in [0.05, 0.1) is 16.8 Å². The number of anilines is 4. The average molecular weight is 415 g/mol. The predicted octanol–water partition coefficient (Wildman–Crippen LogP) is 4.30. The van der Waals surface area contributed by atoms with Gasteiger partial charge in [0.25, 0.3) is 0 Å². The second kappa shape index (κ2) is 7.02. The first kappa shape index (κ1) is 19.2. The number of benzene rings is 3. The summed E-state index contributed by atoms with van der Waals surface area (Å²) < 4.78 is 43.1. The summed E-state index contributed by atoms with van der Waals surface area (Å²) in [6, 6.07) is 12.3. The van der Waals surface area contributed by atoms with Crippen LogP contribution in [0, 0.1) is 0 Å². The fourth-order valence-electron chi connectivity index (χ4n) is 3.65. The van der Waals surface area contributed by atoms with Crippen LogP contribution in [0.1, 0.15) is 13.8 Å². The van der Waals surface area contributed by atoms with Gasteiger partial charge >= 0.3 is 10.4 Å². The van der Waals surface area contributed by atoms with Crippen molar-refractivity contribution in [2.75, 3.05) is 29.0 Å². The molecule has 1 heterocycles. The van der Waals surface area contributed by atoms with Gasteiger partial charge in [-0.15, -0.1) is 0 Å². The van der Waals surface area contributed by atoms with Gasteiger partial charge in [0.2, 0.25) is 0 Å². The van der Waals surface area contributed by atoms with Crippen LogP contribution in [-0.2, 0) is 10.4 Å². The number of nitrogens with one attached hydrogen (secondary N) is 1. The molecule has 152 valence electrons. The van der Waals surface area contributed by atoms with Crippen molar-refractivity contribution < 1.29 is 21.9 Å². The van der Waals surface area contributed by atoms with E-state index in [1.807, 2.05) is 38.1 Å². The van der Waals surface area contributed by atoms with Crippen LogP contribution in [0.3, 0.4) is 0 Å². The first-order chi connectivity index (χ1) is 13.8. The first-order valence-corrected chi connectivity index (χ1v) is 10.5. The SMILES string of the molecule is CCN(CC)c1ccc(OS(=O)(=O)O)c2c3c(cc(N)c12)Oc1ccccc1N3. The zero-order valence-electron chi connectivity index (χ0n) is 16.0. The Bertz CT molecular complexity index is 1210. The summed E-state index contributed by atoms with van der Waals surface area (Å²) in [4.78, 5) is 2.10. The van der Waals surface area contributed by atoms with Crippen molar-refractivity contribution in [2.24, 2.45) is 0 Å². The van der Waals surface area contributed by atoms with Crippen molar-refractivity contribution in [3.05, 3.63) is 42.5 Å². The number of nitrogen functional groups attached to an aromatic ring is 1. The van der Waals surface area contributed by atoms with Crippen molar-refractivity contribution in [3.63, 3.8) is 0 Å². The lowest BCUT2D eigenvalue weighted by atomic mass is 10.0. The number of fused-ring (bicyclic) bond motifs is 4. The molecule has 9 heteroatoms. The number of hydrogen-bond acceptors (Lipinski definition) is 7. The summed E-state index contributed by atoms with van der Waals surface area (Å²) in [5.41, 5.74) is 8.85. The summed E-state index contributed by atoms with van der Waals surface area (Å²) >= 11 is 0. The second-order valence-corrected chi connectivity index (χ2v) is 7.60. The molecular formula is C20H21N3O5S. The Balaban J connectivity index is 2.05. The van der Waals surface area contributed by atoms with Crippen LogP contribution in [0.5, 0.6) is 17.2 Å². The molecular weight excluding hydrogens is 394 g/mol. The summed E-state index contributed by atoms with van der Waals surface area (Å²) in [6.45, 7) is 5.50. The highest BCUT2D eigenvalue weighted by atomic mass is 32.3.